The topological polar surface area (TPSA) is 50.9 Å². The largest absolute Gasteiger partial charge is 0.389 e. The van der Waals surface area contributed by atoms with Crippen LogP contribution in [0.5, 0.6) is 0 Å². The molecule has 0 aliphatic heterocycles. The number of rotatable bonds is 2. The third-order valence-corrected chi connectivity index (χ3v) is 3.68. The lowest BCUT2D eigenvalue weighted by Crippen LogP contribution is -2.55. The van der Waals surface area contributed by atoms with Crippen LogP contribution in [0.1, 0.15) is 32.5 Å². The predicted molar refractivity (Wildman–Crippen MR) is 52.7 cm³/mol. The summed E-state index contributed by atoms with van der Waals surface area (Å²) in [6.07, 6.45) is 4.09. The van der Waals surface area contributed by atoms with Gasteiger partial charge in [0.05, 0.1) is 5.60 Å². The number of hydrogen-bond acceptors (Lipinski definition) is 3. The molecule has 1 aromatic rings. The van der Waals surface area contributed by atoms with E-state index < -0.39 is 5.60 Å². The second-order valence-electron chi connectivity index (χ2n) is 4.89. The number of aliphatic hydroxyl groups is 1. The SMILES string of the molecule is Cn1ncnc1CC1(O)CCC1(C)C. The molecule has 1 N–H and O–H groups in total. The zero-order valence-corrected chi connectivity index (χ0v) is 8.99. The van der Waals surface area contributed by atoms with Gasteiger partial charge in [-0.1, -0.05) is 13.8 Å². The third kappa shape index (κ3) is 1.25. The molecule has 78 valence electrons. The van der Waals surface area contributed by atoms with Crippen LogP contribution in [-0.4, -0.2) is 25.5 Å². The lowest BCUT2D eigenvalue weighted by molar-refractivity contribution is -0.148. The molecule has 14 heavy (non-hydrogen) atoms. The van der Waals surface area contributed by atoms with Crippen molar-refractivity contribution in [1.82, 2.24) is 14.8 Å². The Morgan fingerprint density at radius 1 is 1.50 bits per heavy atom. The summed E-state index contributed by atoms with van der Waals surface area (Å²) < 4.78 is 1.73. The molecule has 1 atom stereocenters. The first-order chi connectivity index (χ1) is 6.45. The standard InChI is InChI=1S/C10H17N3O/c1-9(2)4-5-10(9,14)6-8-11-7-12-13(8)3/h7,14H,4-6H2,1-3H3. The van der Waals surface area contributed by atoms with E-state index in [1.807, 2.05) is 7.05 Å². The second-order valence-corrected chi connectivity index (χ2v) is 4.89. The Balaban J connectivity index is 2.16. The number of aryl methyl sites for hydroxylation is 1. The van der Waals surface area contributed by atoms with E-state index >= 15 is 0 Å². The zero-order valence-electron chi connectivity index (χ0n) is 8.99. The van der Waals surface area contributed by atoms with E-state index in [0.29, 0.717) is 6.42 Å². The average molecular weight is 195 g/mol. The van der Waals surface area contributed by atoms with Gasteiger partial charge in [-0.3, -0.25) is 4.68 Å². The highest BCUT2D eigenvalue weighted by Crippen LogP contribution is 2.50. The molecule has 1 saturated carbocycles. The quantitative estimate of drug-likeness (QED) is 0.763. The molecule has 0 aromatic carbocycles. The molecule has 4 heteroatoms. The van der Waals surface area contributed by atoms with Crippen molar-refractivity contribution in [2.24, 2.45) is 12.5 Å². The first-order valence-electron chi connectivity index (χ1n) is 5.00. The molecule has 1 unspecified atom stereocenters. The fourth-order valence-electron chi connectivity index (χ4n) is 1.98. The number of aromatic nitrogens is 3. The van der Waals surface area contributed by atoms with Gasteiger partial charge >= 0.3 is 0 Å². The molecular weight excluding hydrogens is 178 g/mol. The average Bonchev–Trinajstić information content (AvgIpc) is 2.50. The molecule has 1 aliphatic carbocycles. The first kappa shape index (κ1) is 9.65. The van der Waals surface area contributed by atoms with Gasteiger partial charge in [0, 0.05) is 13.5 Å². The highest BCUT2D eigenvalue weighted by atomic mass is 16.3. The Bertz CT molecular complexity index is 345. The molecule has 0 amide bonds. The summed E-state index contributed by atoms with van der Waals surface area (Å²) in [5, 5.41) is 14.4. The monoisotopic (exact) mass is 195 g/mol. The van der Waals surface area contributed by atoms with Crippen LogP contribution in [-0.2, 0) is 13.5 Å². The van der Waals surface area contributed by atoms with Gasteiger partial charge in [-0.2, -0.15) is 5.10 Å². The van der Waals surface area contributed by atoms with Crippen molar-refractivity contribution in [3.63, 3.8) is 0 Å². The van der Waals surface area contributed by atoms with Crippen LogP contribution in [0.15, 0.2) is 6.33 Å². The lowest BCUT2D eigenvalue weighted by Gasteiger charge is -2.52. The van der Waals surface area contributed by atoms with E-state index in [0.717, 1.165) is 18.7 Å². The number of hydrogen-bond donors (Lipinski definition) is 1. The number of nitrogens with zero attached hydrogens (tertiary/aromatic N) is 3. The Hall–Kier alpha value is -0.900. The molecule has 2 rings (SSSR count). The summed E-state index contributed by atoms with van der Waals surface area (Å²) in [5.41, 5.74) is -0.577. The maximum atomic E-state index is 10.4. The molecule has 0 bridgehead atoms. The third-order valence-electron chi connectivity index (χ3n) is 3.68. The van der Waals surface area contributed by atoms with Gasteiger partial charge < -0.3 is 5.11 Å². The van der Waals surface area contributed by atoms with Crippen molar-refractivity contribution in [2.75, 3.05) is 0 Å². The van der Waals surface area contributed by atoms with Crippen molar-refractivity contribution >= 4 is 0 Å². The molecule has 1 fully saturated rings. The van der Waals surface area contributed by atoms with Gasteiger partial charge in [-0.25, -0.2) is 4.98 Å². The zero-order chi connectivity index (χ0) is 10.4. The first-order valence-corrected chi connectivity index (χ1v) is 5.00. The van der Waals surface area contributed by atoms with E-state index in [-0.39, 0.29) is 5.41 Å². The molecule has 1 aliphatic rings. The predicted octanol–water partition coefficient (Wildman–Crippen LogP) is 0.909. The van der Waals surface area contributed by atoms with Gasteiger partial charge in [0.25, 0.3) is 0 Å². The van der Waals surface area contributed by atoms with Gasteiger partial charge in [0.15, 0.2) is 0 Å². The van der Waals surface area contributed by atoms with Gasteiger partial charge in [-0.05, 0) is 18.3 Å². The van der Waals surface area contributed by atoms with E-state index in [4.69, 9.17) is 0 Å². The minimum atomic E-state index is -0.589. The highest BCUT2D eigenvalue weighted by molar-refractivity contribution is 5.08. The van der Waals surface area contributed by atoms with Crippen molar-refractivity contribution < 1.29 is 5.11 Å². The summed E-state index contributed by atoms with van der Waals surface area (Å²) in [6.45, 7) is 4.21. The van der Waals surface area contributed by atoms with E-state index in [9.17, 15) is 5.11 Å². The minimum absolute atomic E-state index is 0.0128. The van der Waals surface area contributed by atoms with Gasteiger partial charge in [-0.15, -0.1) is 0 Å². The van der Waals surface area contributed by atoms with E-state index in [1.54, 1.807) is 4.68 Å². The molecule has 1 aromatic heterocycles. The Morgan fingerprint density at radius 3 is 2.57 bits per heavy atom. The summed E-state index contributed by atoms with van der Waals surface area (Å²) >= 11 is 0. The van der Waals surface area contributed by atoms with Gasteiger partial charge in [0.2, 0.25) is 0 Å². The van der Waals surface area contributed by atoms with Crippen molar-refractivity contribution in [1.29, 1.82) is 0 Å². The van der Waals surface area contributed by atoms with Crippen LogP contribution in [0.4, 0.5) is 0 Å². The summed E-state index contributed by atoms with van der Waals surface area (Å²) in [5.74, 6) is 0.861. The Morgan fingerprint density at radius 2 is 2.21 bits per heavy atom. The lowest BCUT2D eigenvalue weighted by atomic mass is 9.57. The maximum absolute atomic E-state index is 10.4. The van der Waals surface area contributed by atoms with Crippen molar-refractivity contribution in [2.45, 2.75) is 38.7 Å². The minimum Gasteiger partial charge on any atom is -0.389 e. The maximum Gasteiger partial charge on any atom is 0.138 e. The Kier molecular flexibility index (Phi) is 1.93. The van der Waals surface area contributed by atoms with Crippen LogP contribution in [0.3, 0.4) is 0 Å². The van der Waals surface area contributed by atoms with Crippen LogP contribution in [0.25, 0.3) is 0 Å². The highest BCUT2D eigenvalue weighted by Gasteiger charge is 2.52. The molecular formula is C10H17N3O. The fraction of sp³-hybridized carbons (Fsp3) is 0.800. The fourth-order valence-corrected chi connectivity index (χ4v) is 1.98. The summed E-state index contributed by atoms with van der Waals surface area (Å²) in [7, 11) is 1.86. The molecule has 0 saturated heterocycles. The molecule has 1 heterocycles. The Labute approximate surface area is 84.0 Å². The van der Waals surface area contributed by atoms with E-state index in [1.165, 1.54) is 6.33 Å². The van der Waals surface area contributed by atoms with Gasteiger partial charge in [0.1, 0.15) is 12.2 Å². The van der Waals surface area contributed by atoms with Crippen LogP contribution in [0, 0.1) is 5.41 Å². The summed E-state index contributed by atoms with van der Waals surface area (Å²) in [4.78, 5) is 4.14. The van der Waals surface area contributed by atoms with Crippen LogP contribution < -0.4 is 0 Å². The summed E-state index contributed by atoms with van der Waals surface area (Å²) in [6, 6.07) is 0. The van der Waals surface area contributed by atoms with E-state index in [2.05, 4.69) is 23.9 Å². The molecule has 0 radical (unpaired) electrons. The second kappa shape index (κ2) is 2.79. The molecule has 0 spiro atoms. The smallest absolute Gasteiger partial charge is 0.138 e. The normalized spacial score (nSPS) is 30.0. The van der Waals surface area contributed by atoms with Crippen LogP contribution in [0.2, 0.25) is 0 Å². The van der Waals surface area contributed by atoms with Crippen molar-refractivity contribution in [3.05, 3.63) is 12.2 Å². The van der Waals surface area contributed by atoms with Crippen LogP contribution >= 0.6 is 0 Å². The van der Waals surface area contributed by atoms with Crippen molar-refractivity contribution in [3.8, 4) is 0 Å². The molecule has 4 nitrogen and oxygen atoms in total.